The first kappa shape index (κ1) is 28.5. The zero-order chi connectivity index (χ0) is 22.3. The fourth-order valence-corrected chi connectivity index (χ4v) is 2.53. The molecule has 28 heavy (non-hydrogen) atoms. The van der Waals surface area contributed by atoms with Gasteiger partial charge in [-0.25, -0.2) is 4.98 Å². The number of hydrogen-bond acceptors (Lipinski definition) is 4. The van der Waals surface area contributed by atoms with Gasteiger partial charge < -0.3 is 10.1 Å². The number of pyridine rings is 1. The normalized spacial score (nSPS) is 14.2. The maximum absolute atomic E-state index is 11.2. The van der Waals surface area contributed by atoms with Crippen LogP contribution in [-0.4, -0.2) is 22.1 Å². The van der Waals surface area contributed by atoms with Crippen LogP contribution in [0.5, 0.6) is 0 Å². The van der Waals surface area contributed by atoms with Crippen LogP contribution in [0.3, 0.4) is 0 Å². The van der Waals surface area contributed by atoms with Crippen molar-refractivity contribution in [2.24, 2.45) is 5.92 Å². The van der Waals surface area contributed by atoms with Crippen molar-refractivity contribution in [2.75, 3.05) is 5.32 Å². The molecular formula is C24H44N2O2. The molecule has 1 aromatic rings. The molecule has 4 nitrogen and oxygen atoms in total. The summed E-state index contributed by atoms with van der Waals surface area (Å²) in [4.78, 5) is 24.9. The summed E-state index contributed by atoms with van der Waals surface area (Å²) in [7, 11) is 0. The number of fused-ring (bicyclic) bond motifs is 1. The zero-order valence-corrected chi connectivity index (χ0v) is 20.0. The Morgan fingerprint density at radius 1 is 1.18 bits per heavy atom. The van der Waals surface area contributed by atoms with Gasteiger partial charge in [0.05, 0.1) is 0 Å². The molecule has 0 aromatic carbocycles. The molecule has 0 aliphatic carbocycles. The zero-order valence-electron chi connectivity index (χ0n) is 20.0. The predicted octanol–water partition coefficient (Wildman–Crippen LogP) is 6.88. The number of anilines is 1. The number of ketones is 2. The van der Waals surface area contributed by atoms with Crippen molar-refractivity contribution in [2.45, 2.75) is 107 Å². The third kappa shape index (κ3) is 13.5. The summed E-state index contributed by atoms with van der Waals surface area (Å²) in [5, 5.41) is 3.38. The maximum Gasteiger partial charge on any atom is 0.161 e. The highest BCUT2D eigenvalue weighted by atomic mass is 16.1. The number of Topliss-reactive ketones (excluding diaryl/α,β-unsaturated/α-hetero) is 2. The third-order valence-corrected chi connectivity index (χ3v) is 4.33. The molecule has 1 N–H and O–H groups in total. The van der Waals surface area contributed by atoms with Gasteiger partial charge in [-0.05, 0) is 65.0 Å². The summed E-state index contributed by atoms with van der Waals surface area (Å²) in [5.74, 6) is 2.12. The van der Waals surface area contributed by atoms with Gasteiger partial charge in [0.1, 0.15) is 11.6 Å². The van der Waals surface area contributed by atoms with E-state index in [-0.39, 0.29) is 17.1 Å². The van der Waals surface area contributed by atoms with Crippen LogP contribution in [0.1, 0.15) is 111 Å². The van der Waals surface area contributed by atoms with Crippen molar-refractivity contribution in [3.63, 3.8) is 0 Å². The monoisotopic (exact) mass is 392 g/mol. The predicted molar refractivity (Wildman–Crippen MR) is 122 cm³/mol. The van der Waals surface area contributed by atoms with Crippen molar-refractivity contribution in [1.82, 2.24) is 4.98 Å². The molecular weight excluding hydrogens is 348 g/mol. The number of carbonyl (C=O) groups excluding carboxylic acids is 2. The van der Waals surface area contributed by atoms with Gasteiger partial charge >= 0.3 is 0 Å². The fourth-order valence-electron chi connectivity index (χ4n) is 2.53. The number of rotatable bonds is 4. The van der Waals surface area contributed by atoms with Crippen LogP contribution >= 0.6 is 0 Å². The minimum atomic E-state index is 0.0788. The van der Waals surface area contributed by atoms with Gasteiger partial charge in [0, 0.05) is 17.3 Å². The number of aryl methyl sites for hydroxylation is 1. The van der Waals surface area contributed by atoms with E-state index < -0.39 is 0 Å². The van der Waals surface area contributed by atoms with Crippen molar-refractivity contribution < 1.29 is 9.59 Å². The van der Waals surface area contributed by atoms with Crippen molar-refractivity contribution >= 4 is 17.4 Å². The summed E-state index contributed by atoms with van der Waals surface area (Å²) in [6.45, 7) is 19.8. The van der Waals surface area contributed by atoms with Crippen molar-refractivity contribution in [3.8, 4) is 0 Å². The van der Waals surface area contributed by atoms with Crippen LogP contribution in [0.25, 0.3) is 0 Å². The Kier molecular flexibility index (Phi) is 15.5. The molecule has 0 saturated heterocycles. The van der Waals surface area contributed by atoms with Gasteiger partial charge in [-0.15, -0.1) is 0 Å². The van der Waals surface area contributed by atoms with Crippen LogP contribution in [-0.2, 0) is 11.2 Å². The van der Waals surface area contributed by atoms with Crippen LogP contribution in [0, 0.1) is 5.92 Å². The minimum Gasteiger partial charge on any atom is -0.365 e. The van der Waals surface area contributed by atoms with Gasteiger partial charge in [-0.1, -0.05) is 53.9 Å². The molecule has 0 radical (unpaired) electrons. The molecule has 0 bridgehead atoms. The van der Waals surface area contributed by atoms with E-state index in [1.165, 1.54) is 33.1 Å². The van der Waals surface area contributed by atoms with E-state index in [0.29, 0.717) is 5.56 Å². The van der Waals surface area contributed by atoms with E-state index in [0.717, 1.165) is 30.1 Å². The first-order valence-electron chi connectivity index (χ1n) is 10.8. The van der Waals surface area contributed by atoms with Crippen molar-refractivity contribution in [3.05, 3.63) is 23.4 Å². The summed E-state index contributed by atoms with van der Waals surface area (Å²) >= 11 is 0. The molecule has 162 valence electrons. The van der Waals surface area contributed by atoms with E-state index in [4.69, 9.17) is 0 Å². The second-order valence-electron chi connectivity index (χ2n) is 8.01. The van der Waals surface area contributed by atoms with Crippen LogP contribution in [0.15, 0.2) is 12.3 Å². The minimum absolute atomic E-state index is 0.0788. The third-order valence-electron chi connectivity index (χ3n) is 4.33. The SMILES string of the molecule is CC.CC(=O)c1cnc2c(c1)CCC(C)(C)N2.CC(C)=O.CCC[C@H](C)CC. The number of hydrogen-bond donors (Lipinski definition) is 1. The van der Waals surface area contributed by atoms with Gasteiger partial charge in [-0.2, -0.15) is 0 Å². The summed E-state index contributed by atoms with van der Waals surface area (Å²) < 4.78 is 0. The van der Waals surface area contributed by atoms with E-state index in [2.05, 4.69) is 44.9 Å². The number of aromatic nitrogens is 1. The van der Waals surface area contributed by atoms with Gasteiger partial charge in [0.15, 0.2) is 5.78 Å². The molecule has 1 aromatic heterocycles. The number of nitrogens with one attached hydrogen (secondary N) is 1. The molecule has 4 heteroatoms. The molecule has 1 aliphatic heterocycles. The van der Waals surface area contributed by atoms with Gasteiger partial charge in [0.25, 0.3) is 0 Å². The smallest absolute Gasteiger partial charge is 0.161 e. The van der Waals surface area contributed by atoms with Gasteiger partial charge in [-0.3, -0.25) is 4.79 Å². The Balaban J connectivity index is 0. The van der Waals surface area contributed by atoms with E-state index in [9.17, 15) is 9.59 Å². The fraction of sp³-hybridized carbons (Fsp3) is 0.708. The van der Waals surface area contributed by atoms with Crippen LogP contribution < -0.4 is 5.32 Å². The molecule has 0 unspecified atom stereocenters. The van der Waals surface area contributed by atoms with E-state index in [1.54, 1.807) is 13.1 Å². The van der Waals surface area contributed by atoms with Crippen molar-refractivity contribution in [1.29, 1.82) is 0 Å². The van der Waals surface area contributed by atoms with E-state index >= 15 is 0 Å². The molecule has 0 spiro atoms. The summed E-state index contributed by atoms with van der Waals surface area (Å²) in [6, 6.07) is 1.95. The molecule has 0 amide bonds. The average Bonchev–Trinajstić information content (AvgIpc) is 2.62. The Labute approximate surface area is 173 Å². The highest BCUT2D eigenvalue weighted by Gasteiger charge is 2.25. The Hall–Kier alpha value is -1.71. The topological polar surface area (TPSA) is 59.1 Å². The Bertz CT molecular complexity index is 576. The molecule has 2 rings (SSSR count). The lowest BCUT2D eigenvalue weighted by Crippen LogP contribution is -2.35. The maximum atomic E-state index is 11.2. The first-order valence-corrected chi connectivity index (χ1v) is 10.8. The molecule has 0 fully saturated rings. The lowest BCUT2D eigenvalue weighted by Gasteiger charge is -2.32. The molecule has 2 heterocycles. The molecule has 0 saturated carbocycles. The second-order valence-corrected chi connectivity index (χ2v) is 8.01. The number of carbonyl (C=O) groups is 2. The lowest BCUT2D eigenvalue weighted by atomic mass is 9.90. The highest BCUT2D eigenvalue weighted by Crippen LogP contribution is 2.29. The Morgan fingerprint density at radius 2 is 1.71 bits per heavy atom. The Morgan fingerprint density at radius 3 is 2.11 bits per heavy atom. The first-order chi connectivity index (χ1) is 13.0. The summed E-state index contributed by atoms with van der Waals surface area (Å²) in [5.41, 5.74) is 1.97. The quantitative estimate of drug-likeness (QED) is 0.568. The largest absolute Gasteiger partial charge is 0.365 e. The van der Waals surface area contributed by atoms with Crippen LogP contribution in [0.4, 0.5) is 5.82 Å². The lowest BCUT2D eigenvalue weighted by molar-refractivity contribution is -0.115. The number of nitrogens with zero attached hydrogens (tertiary/aromatic N) is 1. The van der Waals surface area contributed by atoms with E-state index in [1.807, 2.05) is 19.9 Å². The van der Waals surface area contributed by atoms with Gasteiger partial charge in [0.2, 0.25) is 0 Å². The highest BCUT2D eigenvalue weighted by molar-refractivity contribution is 5.94. The standard InChI is InChI=1S/C12H16N2O.C7H16.C3H6O.C2H6/c1-8(15)10-6-9-4-5-12(2,3)14-11(9)13-7-10;1-4-6-7(3)5-2;1-3(2)4;1-2/h6-7H,4-5H2,1-3H3,(H,13,14);7H,4-6H2,1-3H3;1-2H3;1-2H3/t;7-;;/m.1../s1. The summed E-state index contributed by atoms with van der Waals surface area (Å²) in [6.07, 6.45) is 7.79. The average molecular weight is 393 g/mol. The second kappa shape index (κ2) is 15.2. The molecule has 1 atom stereocenters. The molecule has 1 aliphatic rings. The van der Waals surface area contributed by atoms with Crippen LogP contribution in [0.2, 0.25) is 0 Å².